The largest absolute Gasteiger partial charge is 0.314 e. The van der Waals surface area contributed by atoms with Gasteiger partial charge < -0.3 is 5.32 Å². The van der Waals surface area contributed by atoms with Gasteiger partial charge in [-0.25, -0.2) is 9.97 Å². The van der Waals surface area contributed by atoms with Crippen LogP contribution in [-0.4, -0.2) is 41.0 Å². The number of aromatic nitrogens is 2. The molecular formula is C15H24N4. The van der Waals surface area contributed by atoms with Gasteiger partial charge >= 0.3 is 0 Å². The van der Waals surface area contributed by atoms with Gasteiger partial charge in [0, 0.05) is 43.5 Å². The molecule has 1 N–H and O–H groups in total. The summed E-state index contributed by atoms with van der Waals surface area (Å²) in [5, 5.41) is 3.41. The molecule has 0 bridgehead atoms. The zero-order valence-corrected chi connectivity index (χ0v) is 12.2. The molecule has 2 aliphatic rings. The lowest BCUT2D eigenvalue weighted by molar-refractivity contribution is 0.0944. The maximum Gasteiger partial charge on any atom is 0.148 e. The summed E-state index contributed by atoms with van der Waals surface area (Å²) in [6, 6.07) is 2.16. The van der Waals surface area contributed by atoms with E-state index in [9.17, 15) is 0 Å². The van der Waals surface area contributed by atoms with Crippen molar-refractivity contribution in [3.63, 3.8) is 0 Å². The first-order valence-corrected chi connectivity index (χ1v) is 7.39. The van der Waals surface area contributed by atoms with E-state index in [1.807, 2.05) is 0 Å². The molecule has 1 aliphatic carbocycles. The van der Waals surface area contributed by atoms with Gasteiger partial charge in [-0.3, -0.25) is 4.90 Å². The Labute approximate surface area is 115 Å². The van der Waals surface area contributed by atoms with Crippen molar-refractivity contribution in [1.82, 2.24) is 20.2 Å². The molecule has 4 nitrogen and oxygen atoms in total. The monoisotopic (exact) mass is 260 g/mol. The predicted octanol–water partition coefficient (Wildman–Crippen LogP) is 1.80. The Balaban J connectivity index is 1.90. The molecule has 4 heteroatoms. The molecule has 1 saturated carbocycles. The smallest absolute Gasteiger partial charge is 0.148 e. The second-order valence-corrected chi connectivity index (χ2v) is 6.33. The normalized spacial score (nSPS) is 21.6. The van der Waals surface area contributed by atoms with Gasteiger partial charge in [-0.05, 0) is 39.7 Å². The van der Waals surface area contributed by atoms with Gasteiger partial charge in [-0.1, -0.05) is 0 Å². The van der Waals surface area contributed by atoms with Crippen molar-refractivity contribution >= 4 is 0 Å². The summed E-state index contributed by atoms with van der Waals surface area (Å²) in [5.74, 6) is 1.69. The number of hydrogen-bond acceptors (Lipinski definition) is 4. The summed E-state index contributed by atoms with van der Waals surface area (Å²) < 4.78 is 0. The lowest BCUT2D eigenvalue weighted by Gasteiger charge is -2.40. The molecule has 1 aliphatic heterocycles. The molecule has 104 valence electrons. The van der Waals surface area contributed by atoms with Crippen LogP contribution in [0.25, 0.3) is 0 Å². The van der Waals surface area contributed by atoms with E-state index >= 15 is 0 Å². The number of rotatable bonds is 3. The van der Waals surface area contributed by atoms with E-state index in [1.165, 1.54) is 18.5 Å². The Bertz CT molecular complexity index is 459. The van der Waals surface area contributed by atoms with Crippen molar-refractivity contribution in [3.05, 3.63) is 23.3 Å². The zero-order chi connectivity index (χ0) is 13.5. The second kappa shape index (κ2) is 4.84. The van der Waals surface area contributed by atoms with Crippen LogP contribution < -0.4 is 5.32 Å². The van der Waals surface area contributed by atoms with Crippen LogP contribution in [0.1, 0.15) is 49.8 Å². The number of nitrogens with one attached hydrogen (secondary N) is 1. The fourth-order valence-corrected chi connectivity index (χ4v) is 2.82. The third kappa shape index (κ3) is 2.65. The van der Waals surface area contributed by atoms with Gasteiger partial charge in [-0.2, -0.15) is 0 Å². The average Bonchev–Trinajstić information content (AvgIpc) is 3.23. The summed E-state index contributed by atoms with van der Waals surface area (Å²) >= 11 is 0. The molecule has 0 spiro atoms. The first-order valence-electron chi connectivity index (χ1n) is 7.39. The SMILES string of the molecule is Cc1cc(C2CC2)nc(C(C)(C)N2CCNCC2)n1. The number of nitrogens with zero attached hydrogens (tertiary/aromatic N) is 3. The summed E-state index contributed by atoms with van der Waals surface area (Å²) in [6.07, 6.45) is 2.59. The molecule has 2 heterocycles. The van der Waals surface area contributed by atoms with Crippen molar-refractivity contribution in [2.24, 2.45) is 0 Å². The zero-order valence-electron chi connectivity index (χ0n) is 12.2. The van der Waals surface area contributed by atoms with Crippen molar-refractivity contribution in [2.75, 3.05) is 26.2 Å². The Morgan fingerprint density at radius 2 is 1.89 bits per heavy atom. The molecule has 0 atom stereocenters. The van der Waals surface area contributed by atoms with E-state index in [-0.39, 0.29) is 5.54 Å². The molecular weight excluding hydrogens is 236 g/mol. The number of piperazine rings is 1. The van der Waals surface area contributed by atoms with Gasteiger partial charge in [-0.15, -0.1) is 0 Å². The maximum atomic E-state index is 4.87. The van der Waals surface area contributed by atoms with Gasteiger partial charge in [0.05, 0.1) is 5.54 Å². The Hall–Kier alpha value is -1.00. The topological polar surface area (TPSA) is 41.1 Å². The van der Waals surface area contributed by atoms with E-state index in [0.29, 0.717) is 5.92 Å². The molecule has 3 rings (SSSR count). The molecule has 2 fully saturated rings. The van der Waals surface area contributed by atoms with Crippen molar-refractivity contribution in [2.45, 2.75) is 45.1 Å². The first-order chi connectivity index (χ1) is 9.07. The third-order valence-corrected chi connectivity index (χ3v) is 4.32. The van der Waals surface area contributed by atoms with Crippen LogP contribution in [0.15, 0.2) is 6.07 Å². The summed E-state index contributed by atoms with van der Waals surface area (Å²) in [5.41, 5.74) is 2.29. The molecule has 0 unspecified atom stereocenters. The quantitative estimate of drug-likeness (QED) is 0.900. The molecule has 1 saturated heterocycles. The first kappa shape index (κ1) is 13.0. The maximum absolute atomic E-state index is 4.87. The molecule has 0 radical (unpaired) electrons. The van der Waals surface area contributed by atoms with Crippen molar-refractivity contribution in [1.29, 1.82) is 0 Å². The highest BCUT2D eigenvalue weighted by Gasteiger charge is 2.34. The lowest BCUT2D eigenvalue weighted by atomic mass is 10.00. The van der Waals surface area contributed by atoms with Crippen molar-refractivity contribution in [3.8, 4) is 0 Å². The third-order valence-electron chi connectivity index (χ3n) is 4.32. The molecule has 0 aromatic carbocycles. The lowest BCUT2D eigenvalue weighted by Crippen LogP contribution is -2.52. The summed E-state index contributed by atoms with van der Waals surface area (Å²) in [4.78, 5) is 12.1. The van der Waals surface area contributed by atoms with Crippen molar-refractivity contribution < 1.29 is 0 Å². The van der Waals surface area contributed by atoms with Crippen LogP contribution in [0.4, 0.5) is 0 Å². The minimum atomic E-state index is -0.0717. The van der Waals surface area contributed by atoms with Crippen LogP contribution in [0.5, 0.6) is 0 Å². The van der Waals surface area contributed by atoms with Crippen LogP contribution in [0.3, 0.4) is 0 Å². The second-order valence-electron chi connectivity index (χ2n) is 6.33. The highest BCUT2D eigenvalue weighted by Crippen LogP contribution is 2.39. The molecule has 1 aromatic heterocycles. The highest BCUT2D eigenvalue weighted by molar-refractivity contribution is 5.21. The Morgan fingerprint density at radius 3 is 2.53 bits per heavy atom. The summed E-state index contributed by atoms with van der Waals surface area (Å²) in [6.45, 7) is 10.9. The number of aryl methyl sites for hydroxylation is 1. The van der Waals surface area contributed by atoms with Gasteiger partial charge in [0.1, 0.15) is 5.82 Å². The van der Waals surface area contributed by atoms with E-state index in [2.05, 4.69) is 37.1 Å². The van der Waals surface area contributed by atoms with Crippen LogP contribution in [0, 0.1) is 6.92 Å². The van der Waals surface area contributed by atoms with Gasteiger partial charge in [0.25, 0.3) is 0 Å². The van der Waals surface area contributed by atoms with E-state index < -0.39 is 0 Å². The molecule has 1 aromatic rings. The standard InChI is InChI=1S/C15H24N4/c1-11-10-13(12-4-5-12)18-14(17-11)15(2,3)19-8-6-16-7-9-19/h10,12,16H,4-9H2,1-3H3. The Morgan fingerprint density at radius 1 is 1.21 bits per heavy atom. The minimum absolute atomic E-state index is 0.0717. The molecule has 0 amide bonds. The highest BCUT2D eigenvalue weighted by atomic mass is 15.3. The Kier molecular flexibility index (Phi) is 3.31. The van der Waals surface area contributed by atoms with E-state index in [0.717, 1.165) is 37.7 Å². The van der Waals surface area contributed by atoms with Gasteiger partial charge in [0.15, 0.2) is 0 Å². The van der Waals surface area contributed by atoms with Crippen LogP contribution in [-0.2, 0) is 5.54 Å². The average molecular weight is 260 g/mol. The van der Waals surface area contributed by atoms with Crippen LogP contribution in [0.2, 0.25) is 0 Å². The number of hydrogen-bond donors (Lipinski definition) is 1. The molecule has 19 heavy (non-hydrogen) atoms. The minimum Gasteiger partial charge on any atom is -0.314 e. The fourth-order valence-electron chi connectivity index (χ4n) is 2.82. The van der Waals surface area contributed by atoms with Crippen LogP contribution >= 0.6 is 0 Å². The predicted molar refractivity (Wildman–Crippen MR) is 76.2 cm³/mol. The fraction of sp³-hybridized carbons (Fsp3) is 0.733. The van der Waals surface area contributed by atoms with E-state index in [1.54, 1.807) is 0 Å². The van der Waals surface area contributed by atoms with E-state index in [4.69, 9.17) is 9.97 Å². The van der Waals surface area contributed by atoms with Gasteiger partial charge in [0.2, 0.25) is 0 Å². The summed E-state index contributed by atoms with van der Waals surface area (Å²) in [7, 11) is 0.